The van der Waals surface area contributed by atoms with Gasteiger partial charge in [-0.05, 0) is 6.92 Å². The van der Waals surface area contributed by atoms with Crippen molar-refractivity contribution in [2.45, 2.75) is 6.92 Å². The van der Waals surface area contributed by atoms with Crippen molar-refractivity contribution in [3.8, 4) is 5.95 Å². The highest BCUT2D eigenvalue weighted by molar-refractivity contribution is 4.93. The summed E-state index contributed by atoms with van der Waals surface area (Å²) in [5, 5.41) is 0. The fraction of sp³-hybridized carbons (Fsp3) is 0.400. The first-order valence-corrected chi connectivity index (χ1v) is 2.44. The van der Waals surface area contributed by atoms with Gasteiger partial charge in [-0.2, -0.15) is 0 Å². The van der Waals surface area contributed by atoms with Crippen LogP contribution in [0.5, 0.6) is 5.95 Å². The van der Waals surface area contributed by atoms with Gasteiger partial charge in [-0.3, -0.25) is 0 Å². The fourth-order valence-electron chi connectivity index (χ4n) is 0.418. The SMILES string of the molecule is CCOc1cnco1. The molecule has 1 rings (SSSR count). The Morgan fingerprint density at radius 1 is 1.88 bits per heavy atom. The van der Waals surface area contributed by atoms with Gasteiger partial charge in [0.1, 0.15) is 6.20 Å². The van der Waals surface area contributed by atoms with E-state index in [2.05, 4.69) is 4.98 Å². The summed E-state index contributed by atoms with van der Waals surface area (Å²) >= 11 is 0. The molecule has 0 aliphatic heterocycles. The van der Waals surface area contributed by atoms with E-state index in [1.807, 2.05) is 6.92 Å². The van der Waals surface area contributed by atoms with Crippen molar-refractivity contribution in [2.75, 3.05) is 6.61 Å². The summed E-state index contributed by atoms with van der Waals surface area (Å²) in [4.78, 5) is 3.65. The third-order valence-corrected chi connectivity index (χ3v) is 0.696. The van der Waals surface area contributed by atoms with E-state index >= 15 is 0 Å². The molecule has 1 aromatic rings. The third kappa shape index (κ3) is 0.992. The van der Waals surface area contributed by atoms with Gasteiger partial charge in [-0.25, -0.2) is 4.98 Å². The molecule has 0 unspecified atom stereocenters. The molecule has 1 aromatic heterocycles. The number of ether oxygens (including phenoxy) is 1. The number of hydrogen-bond donors (Lipinski definition) is 0. The zero-order valence-electron chi connectivity index (χ0n) is 4.63. The molecule has 44 valence electrons. The van der Waals surface area contributed by atoms with Gasteiger partial charge < -0.3 is 9.15 Å². The highest BCUT2D eigenvalue weighted by Gasteiger charge is 1.90. The minimum Gasteiger partial charge on any atom is -0.464 e. The molecular formula is C5H7NO2. The van der Waals surface area contributed by atoms with Crippen LogP contribution in [0.25, 0.3) is 0 Å². The van der Waals surface area contributed by atoms with Crippen LogP contribution in [-0.2, 0) is 0 Å². The number of hydrogen-bond acceptors (Lipinski definition) is 3. The summed E-state index contributed by atoms with van der Waals surface area (Å²) < 4.78 is 9.66. The molecule has 0 saturated carbocycles. The number of rotatable bonds is 2. The fourth-order valence-corrected chi connectivity index (χ4v) is 0.418. The van der Waals surface area contributed by atoms with Crippen LogP contribution >= 0.6 is 0 Å². The maximum absolute atomic E-state index is 4.92. The standard InChI is InChI=1S/C5H7NO2/c1-2-7-5-3-6-4-8-5/h3-4H,2H2,1H3. The van der Waals surface area contributed by atoms with Crippen molar-refractivity contribution in [1.82, 2.24) is 4.98 Å². The van der Waals surface area contributed by atoms with Crippen molar-refractivity contribution in [3.05, 3.63) is 12.6 Å². The Balaban J connectivity index is 2.50. The van der Waals surface area contributed by atoms with E-state index in [4.69, 9.17) is 9.15 Å². The minimum absolute atomic E-state index is 0.479. The van der Waals surface area contributed by atoms with Crippen LogP contribution in [0, 0.1) is 0 Å². The molecule has 0 aromatic carbocycles. The largest absolute Gasteiger partial charge is 0.464 e. The van der Waals surface area contributed by atoms with Crippen LogP contribution in [0.4, 0.5) is 0 Å². The molecule has 0 aliphatic rings. The van der Waals surface area contributed by atoms with Gasteiger partial charge in [0.25, 0.3) is 0 Å². The molecule has 1 heterocycles. The van der Waals surface area contributed by atoms with Crippen molar-refractivity contribution in [1.29, 1.82) is 0 Å². The molecule has 0 saturated heterocycles. The second kappa shape index (κ2) is 2.35. The maximum atomic E-state index is 4.92. The summed E-state index contributed by atoms with van der Waals surface area (Å²) in [6.07, 6.45) is 2.87. The lowest BCUT2D eigenvalue weighted by atomic mass is 10.8. The quantitative estimate of drug-likeness (QED) is 0.575. The van der Waals surface area contributed by atoms with Crippen LogP contribution in [0.2, 0.25) is 0 Å². The molecule has 0 N–H and O–H groups in total. The Kier molecular flexibility index (Phi) is 1.51. The Hall–Kier alpha value is -0.990. The number of aromatic nitrogens is 1. The average Bonchev–Trinajstić information content (AvgIpc) is 2.19. The Labute approximate surface area is 47.3 Å². The lowest BCUT2D eigenvalue weighted by Crippen LogP contribution is -1.87. The van der Waals surface area contributed by atoms with Gasteiger partial charge in [0.2, 0.25) is 0 Å². The summed E-state index contributed by atoms with van der Waals surface area (Å²) in [5.74, 6) is 0.479. The van der Waals surface area contributed by atoms with Crippen molar-refractivity contribution in [2.24, 2.45) is 0 Å². The van der Waals surface area contributed by atoms with Gasteiger partial charge in [0, 0.05) is 0 Å². The van der Waals surface area contributed by atoms with E-state index in [1.54, 1.807) is 0 Å². The molecule has 3 heteroatoms. The van der Waals surface area contributed by atoms with Crippen molar-refractivity contribution < 1.29 is 9.15 Å². The van der Waals surface area contributed by atoms with E-state index in [9.17, 15) is 0 Å². The first-order chi connectivity index (χ1) is 3.93. The van der Waals surface area contributed by atoms with Crippen LogP contribution in [0.3, 0.4) is 0 Å². The molecule has 0 aliphatic carbocycles. The predicted molar refractivity (Wildman–Crippen MR) is 27.7 cm³/mol. The molecule has 0 radical (unpaired) electrons. The normalized spacial score (nSPS) is 9.12. The highest BCUT2D eigenvalue weighted by Crippen LogP contribution is 2.05. The van der Waals surface area contributed by atoms with Crippen molar-refractivity contribution in [3.63, 3.8) is 0 Å². The van der Waals surface area contributed by atoms with Crippen LogP contribution < -0.4 is 4.74 Å². The average molecular weight is 113 g/mol. The summed E-state index contributed by atoms with van der Waals surface area (Å²) in [5.41, 5.74) is 0. The molecule has 0 spiro atoms. The first kappa shape index (κ1) is 5.15. The maximum Gasteiger partial charge on any atom is 0.304 e. The van der Waals surface area contributed by atoms with E-state index < -0.39 is 0 Å². The topological polar surface area (TPSA) is 35.3 Å². The smallest absolute Gasteiger partial charge is 0.304 e. The second-order valence-corrected chi connectivity index (χ2v) is 1.25. The first-order valence-electron chi connectivity index (χ1n) is 2.44. The molecule has 0 atom stereocenters. The molecule has 0 bridgehead atoms. The van der Waals surface area contributed by atoms with E-state index in [-0.39, 0.29) is 0 Å². The van der Waals surface area contributed by atoms with E-state index in [0.29, 0.717) is 12.6 Å². The highest BCUT2D eigenvalue weighted by atomic mass is 16.6. The Morgan fingerprint density at radius 3 is 3.25 bits per heavy atom. The minimum atomic E-state index is 0.479. The third-order valence-electron chi connectivity index (χ3n) is 0.696. The van der Waals surface area contributed by atoms with Gasteiger partial charge in [0.05, 0.1) is 6.61 Å². The van der Waals surface area contributed by atoms with Crippen LogP contribution in [-0.4, -0.2) is 11.6 Å². The lowest BCUT2D eigenvalue weighted by Gasteiger charge is -1.91. The molecular weight excluding hydrogens is 106 g/mol. The molecule has 3 nitrogen and oxygen atoms in total. The van der Waals surface area contributed by atoms with Crippen LogP contribution in [0.1, 0.15) is 6.92 Å². The monoisotopic (exact) mass is 113 g/mol. The summed E-state index contributed by atoms with van der Waals surface area (Å²) in [6.45, 7) is 2.51. The van der Waals surface area contributed by atoms with E-state index in [1.165, 1.54) is 12.6 Å². The molecule has 0 fully saturated rings. The number of nitrogens with zero attached hydrogens (tertiary/aromatic N) is 1. The van der Waals surface area contributed by atoms with Gasteiger partial charge in [-0.1, -0.05) is 0 Å². The van der Waals surface area contributed by atoms with E-state index in [0.717, 1.165) is 0 Å². The van der Waals surface area contributed by atoms with Gasteiger partial charge in [0.15, 0.2) is 6.39 Å². The second-order valence-electron chi connectivity index (χ2n) is 1.25. The lowest BCUT2D eigenvalue weighted by molar-refractivity contribution is 0.257. The Bertz CT molecular complexity index is 136. The molecule has 0 amide bonds. The van der Waals surface area contributed by atoms with Gasteiger partial charge >= 0.3 is 5.95 Å². The Morgan fingerprint density at radius 2 is 2.75 bits per heavy atom. The van der Waals surface area contributed by atoms with Crippen molar-refractivity contribution >= 4 is 0 Å². The number of oxazole rings is 1. The summed E-state index contributed by atoms with van der Waals surface area (Å²) in [7, 11) is 0. The summed E-state index contributed by atoms with van der Waals surface area (Å²) in [6, 6.07) is 0. The van der Waals surface area contributed by atoms with Crippen LogP contribution in [0.15, 0.2) is 17.0 Å². The predicted octanol–water partition coefficient (Wildman–Crippen LogP) is 1.07. The molecule has 8 heavy (non-hydrogen) atoms. The zero-order chi connectivity index (χ0) is 5.82. The van der Waals surface area contributed by atoms with Gasteiger partial charge in [-0.15, -0.1) is 0 Å². The zero-order valence-corrected chi connectivity index (χ0v) is 4.63.